The summed E-state index contributed by atoms with van der Waals surface area (Å²) in [5, 5.41) is 0. The van der Waals surface area contributed by atoms with Gasteiger partial charge in [0, 0.05) is 44.6 Å². The van der Waals surface area contributed by atoms with Crippen molar-refractivity contribution in [3.8, 4) is 0 Å². The Kier molecular flexibility index (Phi) is 5.78. The lowest BCUT2D eigenvalue weighted by atomic mass is 9.92. The number of hydrogen-bond acceptors (Lipinski definition) is 4. The van der Waals surface area contributed by atoms with Crippen LogP contribution >= 0.6 is 0 Å². The monoisotopic (exact) mass is 411 g/mol. The van der Waals surface area contributed by atoms with Gasteiger partial charge in [0.1, 0.15) is 0 Å². The highest BCUT2D eigenvalue weighted by atomic mass is 32.2. The number of aromatic nitrogens is 1. The molecule has 0 radical (unpaired) electrons. The molecule has 1 saturated heterocycles. The minimum Gasteiger partial charge on any atom is -0.337 e. The summed E-state index contributed by atoms with van der Waals surface area (Å²) in [5.41, 5.74) is 3.33. The number of nitrogens with zero attached hydrogens (tertiary/aromatic N) is 3. The van der Waals surface area contributed by atoms with Crippen LogP contribution in [0.25, 0.3) is 6.08 Å². The molecule has 1 aliphatic heterocycles. The van der Waals surface area contributed by atoms with Gasteiger partial charge in [-0.15, -0.1) is 0 Å². The van der Waals surface area contributed by atoms with Crippen molar-refractivity contribution in [3.63, 3.8) is 0 Å². The molecular formula is C22H25N3O3S. The maximum Gasteiger partial charge on any atom is 0.246 e. The summed E-state index contributed by atoms with van der Waals surface area (Å²) in [5.74, 6) is -0.104. The highest BCUT2D eigenvalue weighted by molar-refractivity contribution is 7.89. The highest BCUT2D eigenvalue weighted by Crippen LogP contribution is 2.26. The predicted molar refractivity (Wildman–Crippen MR) is 112 cm³/mol. The second kappa shape index (κ2) is 8.47. The van der Waals surface area contributed by atoms with Gasteiger partial charge in [0.2, 0.25) is 15.9 Å². The smallest absolute Gasteiger partial charge is 0.246 e. The van der Waals surface area contributed by atoms with Gasteiger partial charge in [0.25, 0.3) is 0 Å². The highest BCUT2D eigenvalue weighted by Gasteiger charge is 2.30. The first-order chi connectivity index (χ1) is 14.0. The molecule has 2 aliphatic rings. The molecule has 6 nitrogen and oxygen atoms in total. The molecule has 1 fully saturated rings. The van der Waals surface area contributed by atoms with Gasteiger partial charge in [-0.25, -0.2) is 8.42 Å². The van der Waals surface area contributed by atoms with E-state index in [4.69, 9.17) is 0 Å². The predicted octanol–water partition coefficient (Wildman–Crippen LogP) is 2.51. The van der Waals surface area contributed by atoms with Crippen LogP contribution in [0.2, 0.25) is 0 Å². The van der Waals surface area contributed by atoms with Crippen LogP contribution in [0.4, 0.5) is 0 Å². The van der Waals surface area contributed by atoms with Crippen molar-refractivity contribution in [1.29, 1.82) is 0 Å². The van der Waals surface area contributed by atoms with Crippen molar-refractivity contribution in [2.24, 2.45) is 0 Å². The Morgan fingerprint density at radius 2 is 1.62 bits per heavy atom. The first kappa shape index (κ1) is 19.8. The zero-order chi connectivity index (χ0) is 20.3. The van der Waals surface area contributed by atoms with Gasteiger partial charge in [0.15, 0.2) is 0 Å². The fourth-order valence-electron chi connectivity index (χ4n) is 3.92. The van der Waals surface area contributed by atoms with E-state index in [1.807, 2.05) is 24.3 Å². The summed E-state index contributed by atoms with van der Waals surface area (Å²) in [7, 11) is -3.53. The van der Waals surface area contributed by atoms with Gasteiger partial charge in [-0.2, -0.15) is 4.31 Å². The van der Waals surface area contributed by atoms with E-state index in [-0.39, 0.29) is 5.91 Å². The second-order valence-corrected chi connectivity index (χ2v) is 9.42. The van der Waals surface area contributed by atoms with Crippen LogP contribution in [0.15, 0.2) is 53.7 Å². The summed E-state index contributed by atoms with van der Waals surface area (Å²) >= 11 is 0. The molecule has 152 valence electrons. The van der Waals surface area contributed by atoms with E-state index in [0.29, 0.717) is 31.1 Å². The molecule has 1 aliphatic carbocycles. The Bertz CT molecular complexity index is 1010. The molecule has 2 heterocycles. The van der Waals surface area contributed by atoms with Crippen molar-refractivity contribution in [3.05, 3.63) is 65.5 Å². The van der Waals surface area contributed by atoms with Gasteiger partial charge >= 0.3 is 0 Å². The molecule has 1 amide bonds. The lowest BCUT2D eigenvalue weighted by Crippen LogP contribution is -2.50. The number of benzene rings is 1. The largest absolute Gasteiger partial charge is 0.337 e. The number of amides is 1. The lowest BCUT2D eigenvalue weighted by molar-refractivity contribution is -0.127. The average Bonchev–Trinajstić information content (AvgIpc) is 2.78. The molecular weight excluding hydrogens is 386 g/mol. The number of rotatable bonds is 4. The molecule has 1 aromatic carbocycles. The Labute approximate surface area is 171 Å². The van der Waals surface area contributed by atoms with Crippen molar-refractivity contribution in [2.75, 3.05) is 26.2 Å². The third kappa shape index (κ3) is 4.41. The Morgan fingerprint density at radius 1 is 0.931 bits per heavy atom. The van der Waals surface area contributed by atoms with E-state index in [1.54, 1.807) is 29.4 Å². The summed E-state index contributed by atoms with van der Waals surface area (Å²) in [6.07, 6.45) is 10.9. The lowest BCUT2D eigenvalue weighted by Gasteiger charge is -2.33. The van der Waals surface area contributed by atoms with E-state index >= 15 is 0 Å². The number of pyridine rings is 1. The number of piperazine rings is 1. The summed E-state index contributed by atoms with van der Waals surface area (Å²) < 4.78 is 27.6. The van der Waals surface area contributed by atoms with Crippen LogP contribution in [0.5, 0.6) is 0 Å². The fourth-order valence-corrected chi connectivity index (χ4v) is 5.39. The quantitative estimate of drug-likeness (QED) is 0.725. The standard InChI is InChI=1S/C22H25N3O3S/c26-22(8-5-18-9-11-23-12-10-18)24-13-15-25(16-14-24)29(27,28)21-7-6-19-3-1-2-4-20(19)17-21/h5-12,17H,1-4,13-16H2/b8-5+. The van der Waals surface area contributed by atoms with Crippen molar-refractivity contribution in [2.45, 2.75) is 30.6 Å². The number of carbonyl (C=O) groups is 1. The second-order valence-electron chi connectivity index (χ2n) is 7.48. The molecule has 0 bridgehead atoms. The third-order valence-electron chi connectivity index (χ3n) is 5.63. The van der Waals surface area contributed by atoms with Crippen LogP contribution in [0.1, 0.15) is 29.5 Å². The average molecular weight is 412 g/mol. The van der Waals surface area contributed by atoms with Crippen molar-refractivity contribution < 1.29 is 13.2 Å². The molecule has 29 heavy (non-hydrogen) atoms. The third-order valence-corrected chi connectivity index (χ3v) is 7.53. The van der Waals surface area contributed by atoms with Crippen LogP contribution in [-0.4, -0.2) is 54.7 Å². The van der Waals surface area contributed by atoms with E-state index < -0.39 is 10.0 Å². The molecule has 0 spiro atoms. The van der Waals surface area contributed by atoms with Gasteiger partial charge in [-0.3, -0.25) is 9.78 Å². The Morgan fingerprint density at radius 3 is 2.34 bits per heavy atom. The van der Waals surface area contributed by atoms with E-state index in [0.717, 1.165) is 30.4 Å². The van der Waals surface area contributed by atoms with Gasteiger partial charge < -0.3 is 4.90 Å². The van der Waals surface area contributed by atoms with Crippen LogP contribution in [0.3, 0.4) is 0 Å². The number of sulfonamides is 1. The zero-order valence-corrected chi connectivity index (χ0v) is 17.1. The SMILES string of the molecule is O=C(/C=C/c1ccncc1)N1CCN(S(=O)(=O)c2ccc3c(c2)CCCC3)CC1. The van der Waals surface area contributed by atoms with Crippen molar-refractivity contribution in [1.82, 2.24) is 14.2 Å². The van der Waals surface area contributed by atoms with Crippen LogP contribution in [-0.2, 0) is 27.7 Å². The molecule has 0 unspecified atom stereocenters. The van der Waals surface area contributed by atoms with Gasteiger partial charge in [-0.05, 0) is 72.7 Å². The minimum absolute atomic E-state index is 0.104. The normalized spacial score (nSPS) is 18.0. The fraction of sp³-hybridized carbons (Fsp3) is 0.364. The number of hydrogen-bond donors (Lipinski definition) is 0. The number of fused-ring (bicyclic) bond motifs is 1. The van der Waals surface area contributed by atoms with Crippen molar-refractivity contribution >= 4 is 22.0 Å². The summed E-state index contributed by atoms with van der Waals surface area (Å²) in [6, 6.07) is 9.19. The molecule has 1 aromatic heterocycles. The topological polar surface area (TPSA) is 70.6 Å². The minimum atomic E-state index is -3.53. The van der Waals surface area contributed by atoms with Crippen LogP contribution in [0, 0.1) is 0 Å². The Hall–Kier alpha value is -2.51. The van der Waals surface area contributed by atoms with E-state index in [2.05, 4.69) is 4.98 Å². The maximum atomic E-state index is 13.1. The first-order valence-corrected chi connectivity index (χ1v) is 11.5. The Balaban J connectivity index is 1.40. The summed E-state index contributed by atoms with van der Waals surface area (Å²) in [4.78, 5) is 18.4. The molecule has 2 aromatic rings. The molecule has 0 saturated carbocycles. The van der Waals surface area contributed by atoms with Gasteiger partial charge in [0.05, 0.1) is 4.90 Å². The zero-order valence-electron chi connectivity index (χ0n) is 16.3. The number of carbonyl (C=O) groups excluding carboxylic acids is 1. The maximum absolute atomic E-state index is 13.1. The van der Waals surface area contributed by atoms with E-state index in [9.17, 15) is 13.2 Å². The summed E-state index contributed by atoms with van der Waals surface area (Å²) in [6.45, 7) is 1.41. The molecule has 0 atom stereocenters. The van der Waals surface area contributed by atoms with Crippen LogP contribution < -0.4 is 0 Å². The first-order valence-electron chi connectivity index (χ1n) is 10.0. The molecule has 4 rings (SSSR count). The molecule has 0 N–H and O–H groups in total. The van der Waals surface area contributed by atoms with E-state index in [1.165, 1.54) is 22.4 Å². The molecule has 7 heteroatoms. The number of aryl methyl sites for hydroxylation is 2. The van der Waals surface area contributed by atoms with Gasteiger partial charge in [-0.1, -0.05) is 6.07 Å².